The van der Waals surface area contributed by atoms with E-state index >= 15 is 0 Å². The van der Waals surface area contributed by atoms with E-state index in [2.05, 4.69) is 17.4 Å². The Bertz CT molecular complexity index is 523. The molecular weight excluding hydrogens is 316 g/mol. The summed E-state index contributed by atoms with van der Waals surface area (Å²) in [4.78, 5) is 14.6. The van der Waals surface area contributed by atoms with Crippen molar-refractivity contribution in [3.8, 4) is 5.75 Å². The lowest BCUT2D eigenvalue weighted by Gasteiger charge is -2.32. The SMILES string of the molecule is COc1ccc(C2CCN(C(=O)[C@H]3NCCO[C@@H]3C)C2)cc1.Cl. The Kier molecular flexibility index (Phi) is 6.27. The van der Waals surface area contributed by atoms with Crippen LogP contribution >= 0.6 is 12.4 Å². The van der Waals surface area contributed by atoms with Crippen LogP contribution in [0, 0.1) is 0 Å². The summed E-state index contributed by atoms with van der Waals surface area (Å²) < 4.78 is 10.8. The molecule has 1 aromatic rings. The van der Waals surface area contributed by atoms with Crippen LogP contribution in [0.1, 0.15) is 24.8 Å². The normalized spacial score (nSPS) is 27.4. The van der Waals surface area contributed by atoms with Gasteiger partial charge in [-0.3, -0.25) is 4.79 Å². The molecule has 6 heteroatoms. The van der Waals surface area contributed by atoms with E-state index in [1.807, 2.05) is 24.0 Å². The zero-order chi connectivity index (χ0) is 15.5. The maximum absolute atomic E-state index is 12.7. The van der Waals surface area contributed by atoms with Crippen molar-refractivity contribution >= 4 is 18.3 Å². The molecule has 1 unspecified atom stereocenters. The molecule has 0 radical (unpaired) electrons. The molecule has 0 aromatic heterocycles. The van der Waals surface area contributed by atoms with Crippen LogP contribution in [0.3, 0.4) is 0 Å². The van der Waals surface area contributed by atoms with Crippen molar-refractivity contribution in [3.63, 3.8) is 0 Å². The summed E-state index contributed by atoms with van der Waals surface area (Å²) in [6.07, 6.45) is 0.960. The van der Waals surface area contributed by atoms with Crippen LogP contribution < -0.4 is 10.1 Å². The lowest BCUT2D eigenvalue weighted by atomic mass is 9.98. The first-order valence-electron chi connectivity index (χ1n) is 7.97. The molecule has 2 aliphatic rings. The molecule has 2 heterocycles. The number of halogens is 1. The van der Waals surface area contributed by atoms with Gasteiger partial charge in [-0.15, -0.1) is 12.4 Å². The fourth-order valence-electron chi connectivity index (χ4n) is 3.31. The van der Waals surface area contributed by atoms with Gasteiger partial charge in [0.15, 0.2) is 0 Å². The predicted molar refractivity (Wildman–Crippen MR) is 91.4 cm³/mol. The van der Waals surface area contributed by atoms with Crippen molar-refractivity contribution in [2.24, 2.45) is 0 Å². The van der Waals surface area contributed by atoms with Gasteiger partial charge in [-0.2, -0.15) is 0 Å². The minimum Gasteiger partial charge on any atom is -0.497 e. The van der Waals surface area contributed by atoms with Crippen molar-refractivity contribution in [2.75, 3.05) is 33.4 Å². The Morgan fingerprint density at radius 1 is 1.35 bits per heavy atom. The Labute approximate surface area is 143 Å². The monoisotopic (exact) mass is 340 g/mol. The maximum Gasteiger partial charge on any atom is 0.242 e. The quantitative estimate of drug-likeness (QED) is 0.911. The number of nitrogens with zero attached hydrogens (tertiary/aromatic N) is 1. The molecule has 128 valence electrons. The predicted octanol–water partition coefficient (Wildman–Crippen LogP) is 1.81. The van der Waals surface area contributed by atoms with Gasteiger partial charge in [0.25, 0.3) is 0 Å². The van der Waals surface area contributed by atoms with Gasteiger partial charge in [-0.05, 0) is 31.0 Å². The molecule has 3 rings (SSSR count). The number of hydrogen-bond acceptors (Lipinski definition) is 4. The van der Waals surface area contributed by atoms with Crippen LogP contribution in [-0.2, 0) is 9.53 Å². The van der Waals surface area contributed by atoms with Gasteiger partial charge < -0.3 is 19.7 Å². The summed E-state index contributed by atoms with van der Waals surface area (Å²) >= 11 is 0. The average Bonchev–Trinajstić information content (AvgIpc) is 3.05. The molecule has 2 fully saturated rings. The zero-order valence-electron chi connectivity index (χ0n) is 13.7. The molecule has 1 N–H and O–H groups in total. The van der Waals surface area contributed by atoms with Gasteiger partial charge in [0.1, 0.15) is 11.8 Å². The van der Waals surface area contributed by atoms with Gasteiger partial charge in [0.05, 0.1) is 19.8 Å². The third-order valence-electron chi connectivity index (χ3n) is 4.67. The molecule has 0 bridgehead atoms. The van der Waals surface area contributed by atoms with Crippen LogP contribution in [0.2, 0.25) is 0 Å². The number of likely N-dealkylation sites (tertiary alicyclic amines) is 1. The molecule has 3 atom stereocenters. The number of amides is 1. The minimum absolute atomic E-state index is 0. The molecule has 0 spiro atoms. The Balaban J connectivity index is 0.00000192. The van der Waals surface area contributed by atoms with E-state index in [9.17, 15) is 4.79 Å². The van der Waals surface area contributed by atoms with Crippen LogP contribution in [-0.4, -0.2) is 56.3 Å². The fourth-order valence-corrected chi connectivity index (χ4v) is 3.31. The van der Waals surface area contributed by atoms with E-state index in [-0.39, 0.29) is 30.5 Å². The summed E-state index contributed by atoms with van der Waals surface area (Å²) in [5.41, 5.74) is 1.28. The first kappa shape index (κ1) is 18.0. The number of ether oxygens (including phenoxy) is 2. The highest BCUT2D eigenvalue weighted by Crippen LogP contribution is 2.29. The lowest BCUT2D eigenvalue weighted by molar-refractivity contribution is -0.138. The molecule has 23 heavy (non-hydrogen) atoms. The highest BCUT2D eigenvalue weighted by Gasteiger charge is 2.35. The molecule has 0 aliphatic carbocycles. The number of benzene rings is 1. The van der Waals surface area contributed by atoms with Gasteiger partial charge >= 0.3 is 0 Å². The zero-order valence-corrected chi connectivity index (χ0v) is 14.5. The summed E-state index contributed by atoms with van der Waals surface area (Å²) in [5.74, 6) is 1.45. The number of morpholine rings is 1. The van der Waals surface area contributed by atoms with Gasteiger partial charge in [-0.25, -0.2) is 0 Å². The summed E-state index contributed by atoms with van der Waals surface area (Å²) in [5, 5.41) is 3.28. The number of nitrogens with one attached hydrogen (secondary N) is 1. The molecule has 1 aromatic carbocycles. The van der Waals surface area contributed by atoms with Gasteiger partial charge in [-0.1, -0.05) is 12.1 Å². The molecule has 0 saturated carbocycles. The second kappa shape index (κ2) is 7.99. The summed E-state index contributed by atoms with van der Waals surface area (Å²) in [7, 11) is 1.67. The molecular formula is C17H25ClN2O3. The number of hydrogen-bond donors (Lipinski definition) is 1. The Morgan fingerprint density at radius 3 is 2.74 bits per heavy atom. The van der Waals surface area contributed by atoms with E-state index < -0.39 is 0 Å². The highest BCUT2D eigenvalue weighted by molar-refractivity contribution is 5.85. The fraction of sp³-hybridized carbons (Fsp3) is 0.588. The molecule has 5 nitrogen and oxygen atoms in total. The topological polar surface area (TPSA) is 50.8 Å². The van der Waals surface area contributed by atoms with Crippen molar-refractivity contribution in [3.05, 3.63) is 29.8 Å². The second-order valence-electron chi connectivity index (χ2n) is 6.05. The van der Waals surface area contributed by atoms with Gasteiger partial charge in [0.2, 0.25) is 5.91 Å². The number of carbonyl (C=O) groups is 1. The number of rotatable bonds is 3. The lowest BCUT2D eigenvalue weighted by Crippen LogP contribution is -2.56. The third-order valence-corrected chi connectivity index (χ3v) is 4.67. The maximum atomic E-state index is 12.7. The van der Waals surface area contributed by atoms with E-state index in [1.165, 1.54) is 5.56 Å². The first-order valence-corrected chi connectivity index (χ1v) is 7.97. The average molecular weight is 341 g/mol. The smallest absolute Gasteiger partial charge is 0.242 e. The molecule has 2 aliphatic heterocycles. The molecule has 1 amide bonds. The minimum atomic E-state index is -0.205. The Morgan fingerprint density at radius 2 is 2.09 bits per heavy atom. The first-order chi connectivity index (χ1) is 10.7. The third kappa shape index (κ3) is 3.97. The van der Waals surface area contributed by atoms with Crippen LogP contribution in [0.25, 0.3) is 0 Å². The van der Waals surface area contributed by atoms with Crippen molar-refractivity contribution in [1.29, 1.82) is 0 Å². The summed E-state index contributed by atoms with van der Waals surface area (Å²) in [6, 6.07) is 7.96. The van der Waals surface area contributed by atoms with Crippen molar-refractivity contribution < 1.29 is 14.3 Å². The van der Waals surface area contributed by atoms with E-state index in [0.29, 0.717) is 12.5 Å². The Hall–Kier alpha value is -1.30. The largest absolute Gasteiger partial charge is 0.497 e. The molecule has 2 saturated heterocycles. The second-order valence-corrected chi connectivity index (χ2v) is 6.05. The standard InChI is InChI=1S/C17H24N2O3.ClH/c1-12-16(18-8-10-22-12)17(20)19-9-7-14(11-19)13-3-5-15(21-2)6-4-13;/h3-6,12,14,16,18H,7-11H2,1-2H3;1H/t12-,14?,16+;/m1./s1. The van der Waals surface area contributed by atoms with Gasteiger partial charge in [0, 0.05) is 25.6 Å². The van der Waals surface area contributed by atoms with Crippen LogP contribution in [0.15, 0.2) is 24.3 Å². The van der Waals surface area contributed by atoms with Crippen molar-refractivity contribution in [1.82, 2.24) is 10.2 Å². The highest BCUT2D eigenvalue weighted by atomic mass is 35.5. The van der Waals surface area contributed by atoms with Crippen LogP contribution in [0.4, 0.5) is 0 Å². The van der Waals surface area contributed by atoms with Crippen LogP contribution in [0.5, 0.6) is 5.75 Å². The number of carbonyl (C=O) groups excluding carboxylic acids is 1. The van der Waals surface area contributed by atoms with Crippen molar-refractivity contribution in [2.45, 2.75) is 31.4 Å². The van der Waals surface area contributed by atoms with E-state index in [4.69, 9.17) is 9.47 Å². The number of methoxy groups -OCH3 is 1. The van der Waals surface area contributed by atoms with E-state index in [1.54, 1.807) is 7.11 Å². The summed E-state index contributed by atoms with van der Waals surface area (Å²) in [6.45, 7) is 5.00. The van der Waals surface area contributed by atoms with E-state index in [0.717, 1.165) is 31.8 Å².